The Kier molecular flexibility index (Phi) is 15.7. The number of carbonyl (C=O) groups excluding carboxylic acids is 1. The maximum Gasteiger partial charge on any atom is 0.317 e. The number of amides is 2. The molecule has 1 fully saturated rings. The monoisotopic (exact) mass is 538 g/mol. The molecule has 1 aliphatic rings. The van der Waals surface area contributed by atoms with Crippen LogP contribution in [0, 0.1) is 5.92 Å². The smallest absolute Gasteiger partial charge is 0.317 e. The first-order chi connectivity index (χ1) is 16.5. The second kappa shape index (κ2) is 17.6. The molecule has 2 aromatic carbocycles. The fourth-order valence-electron chi connectivity index (χ4n) is 3.95. The quantitative estimate of drug-likeness (QED) is 0.394. The second-order valence-electron chi connectivity index (χ2n) is 9.62. The van der Waals surface area contributed by atoms with Crippen LogP contribution in [0.1, 0.15) is 43.9 Å². The van der Waals surface area contributed by atoms with Crippen molar-refractivity contribution >= 4 is 30.8 Å². The number of nitrogens with one attached hydrogen (secondary N) is 2. The third-order valence-corrected chi connectivity index (χ3v) is 6.54. The van der Waals surface area contributed by atoms with Gasteiger partial charge in [0.15, 0.2) is 0 Å². The molecule has 0 saturated carbocycles. The zero-order valence-electron chi connectivity index (χ0n) is 21.9. The van der Waals surface area contributed by atoms with Gasteiger partial charge in [0.05, 0.1) is 13.2 Å². The molecule has 2 amide bonds. The molecule has 2 N–H and O–H groups in total. The lowest BCUT2D eigenvalue weighted by Gasteiger charge is -2.29. The van der Waals surface area contributed by atoms with Crippen LogP contribution in [-0.2, 0) is 24.4 Å². The number of hydrogen-bond donors (Lipinski definition) is 2. The number of carbonyl (C=O) groups is 1. The minimum Gasteiger partial charge on any atom is -0.379 e. The summed E-state index contributed by atoms with van der Waals surface area (Å²) in [7, 11) is 0. The van der Waals surface area contributed by atoms with E-state index in [9.17, 15) is 4.79 Å². The largest absolute Gasteiger partial charge is 0.379 e. The minimum absolute atomic E-state index is 0. The van der Waals surface area contributed by atoms with Crippen LogP contribution in [0.25, 0.3) is 0 Å². The third kappa shape index (κ3) is 11.5. The number of urea groups is 1. The van der Waals surface area contributed by atoms with Gasteiger partial charge in [0.2, 0.25) is 0 Å². The van der Waals surface area contributed by atoms with Crippen molar-refractivity contribution in [3.05, 3.63) is 71.3 Å². The molecule has 0 spiro atoms. The molecule has 8 heteroatoms. The van der Waals surface area contributed by atoms with Crippen LogP contribution in [0.15, 0.2) is 54.6 Å². The van der Waals surface area contributed by atoms with Crippen LogP contribution < -0.4 is 10.6 Å². The molecule has 1 saturated heterocycles. The number of halogens is 2. The Bertz CT molecular complexity index is 846. The number of morpholine rings is 1. The highest BCUT2D eigenvalue weighted by molar-refractivity contribution is 5.85. The zero-order chi connectivity index (χ0) is 24.2. The molecule has 1 heterocycles. The van der Waals surface area contributed by atoms with Crippen molar-refractivity contribution in [1.29, 1.82) is 0 Å². The zero-order valence-corrected chi connectivity index (χ0v) is 23.6. The van der Waals surface area contributed by atoms with E-state index in [0.717, 1.165) is 64.5 Å². The Morgan fingerprint density at radius 3 is 2.11 bits per heavy atom. The van der Waals surface area contributed by atoms with Gasteiger partial charge in [-0.3, -0.25) is 4.90 Å². The fraction of sp³-hybridized carbons (Fsp3) is 0.536. The molecule has 6 nitrogen and oxygen atoms in total. The lowest BCUT2D eigenvalue weighted by atomic mass is 10.1. The predicted octanol–water partition coefficient (Wildman–Crippen LogP) is 5.10. The Hall–Kier alpha value is -1.83. The van der Waals surface area contributed by atoms with E-state index >= 15 is 0 Å². The highest BCUT2D eigenvalue weighted by Gasteiger charge is 2.18. The first-order valence-electron chi connectivity index (χ1n) is 12.7. The SMILES string of the molecule is CC(C)[C@H](C)NC(=O)N(CCCN1CCOCC1)Cc1ccc(CNCc2ccccc2)cc1.Cl.Cl. The van der Waals surface area contributed by atoms with E-state index in [4.69, 9.17) is 4.74 Å². The van der Waals surface area contributed by atoms with Crippen molar-refractivity contribution in [2.24, 2.45) is 5.92 Å². The molecule has 0 aliphatic carbocycles. The first kappa shape index (κ1) is 32.2. The van der Waals surface area contributed by atoms with Crippen LogP contribution in [0.3, 0.4) is 0 Å². The summed E-state index contributed by atoms with van der Waals surface area (Å²) < 4.78 is 5.45. The van der Waals surface area contributed by atoms with E-state index < -0.39 is 0 Å². The predicted molar refractivity (Wildman–Crippen MR) is 153 cm³/mol. The summed E-state index contributed by atoms with van der Waals surface area (Å²) in [5, 5.41) is 6.69. The number of hydrogen-bond acceptors (Lipinski definition) is 4. The molecule has 0 bridgehead atoms. The average Bonchev–Trinajstić information content (AvgIpc) is 2.85. The summed E-state index contributed by atoms with van der Waals surface area (Å²) in [6, 6.07) is 19.2. The highest BCUT2D eigenvalue weighted by Crippen LogP contribution is 2.11. The van der Waals surface area contributed by atoms with Gasteiger partial charge >= 0.3 is 6.03 Å². The normalized spacial score (nSPS) is 14.4. The lowest BCUT2D eigenvalue weighted by Crippen LogP contribution is -2.46. The molecule has 1 atom stereocenters. The topological polar surface area (TPSA) is 56.8 Å². The maximum absolute atomic E-state index is 13.1. The van der Waals surface area contributed by atoms with E-state index in [1.165, 1.54) is 11.1 Å². The molecule has 2 aromatic rings. The van der Waals surface area contributed by atoms with E-state index in [1.807, 2.05) is 11.0 Å². The number of ether oxygens (including phenoxy) is 1. The number of nitrogens with zero attached hydrogens (tertiary/aromatic N) is 2. The van der Waals surface area contributed by atoms with Gasteiger partial charge in [-0.25, -0.2) is 4.79 Å². The molecular weight excluding hydrogens is 495 g/mol. The van der Waals surface area contributed by atoms with E-state index in [0.29, 0.717) is 12.5 Å². The van der Waals surface area contributed by atoms with Crippen LogP contribution in [0.4, 0.5) is 4.79 Å². The van der Waals surface area contributed by atoms with Crippen molar-refractivity contribution in [3.8, 4) is 0 Å². The minimum atomic E-state index is 0. The standard InChI is InChI=1S/C28H42N4O2.2ClH/c1-23(2)24(3)30-28(33)32(15-7-14-31-16-18-34-19-17-31)22-27-12-10-26(11-13-27)21-29-20-25-8-5-4-6-9-25;;/h4-6,8-13,23-24,29H,7,14-22H2,1-3H3,(H,30,33);2*1H/t24-;;/m0../s1. The van der Waals surface area contributed by atoms with Crippen molar-refractivity contribution in [2.45, 2.75) is 52.9 Å². The Labute approximate surface area is 230 Å². The van der Waals surface area contributed by atoms with E-state index in [1.54, 1.807) is 0 Å². The third-order valence-electron chi connectivity index (χ3n) is 6.54. The molecule has 0 unspecified atom stereocenters. The number of benzene rings is 2. The van der Waals surface area contributed by atoms with Gasteiger partial charge in [0.25, 0.3) is 0 Å². The summed E-state index contributed by atoms with van der Waals surface area (Å²) in [5.74, 6) is 0.404. The fourth-order valence-corrected chi connectivity index (χ4v) is 3.95. The van der Waals surface area contributed by atoms with Gasteiger partial charge in [-0.05, 0) is 36.0 Å². The van der Waals surface area contributed by atoms with Gasteiger partial charge < -0.3 is 20.3 Å². The van der Waals surface area contributed by atoms with Gasteiger partial charge in [0.1, 0.15) is 0 Å². The summed E-state index contributed by atoms with van der Waals surface area (Å²) >= 11 is 0. The molecule has 1 aliphatic heterocycles. The van der Waals surface area contributed by atoms with Crippen LogP contribution in [-0.4, -0.2) is 61.3 Å². The van der Waals surface area contributed by atoms with Gasteiger partial charge in [-0.1, -0.05) is 68.4 Å². The Balaban J connectivity index is 0.00000324. The second-order valence-corrected chi connectivity index (χ2v) is 9.62. The van der Waals surface area contributed by atoms with Crippen molar-refractivity contribution in [1.82, 2.24) is 20.4 Å². The molecule has 202 valence electrons. The van der Waals surface area contributed by atoms with Crippen LogP contribution in [0.2, 0.25) is 0 Å². The van der Waals surface area contributed by atoms with Gasteiger partial charge in [0, 0.05) is 51.9 Å². The maximum atomic E-state index is 13.1. The molecule has 0 aromatic heterocycles. The highest BCUT2D eigenvalue weighted by atomic mass is 35.5. The van der Waals surface area contributed by atoms with Gasteiger partial charge in [-0.2, -0.15) is 0 Å². The van der Waals surface area contributed by atoms with Gasteiger partial charge in [-0.15, -0.1) is 24.8 Å². The average molecular weight is 540 g/mol. The molecule has 0 radical (unpaired) electrons. The molecular formula is C28H44Cl2N4O2. The Morgan fingerprint density at radius 1 is 0.917 bits per heavy atom. The van der Waals surface area contributed by atoms with Crippen molar-refractivity contribution in [3.63, 3.8) is 0 Å². The summed E-state index contributed by atoms with van der Waals surface area (Å²) in [4.78, 5) is 17.4. The Morgan fingerprint density at radius 2 is 1.50 bits per heavy atom. The summed E-state index contributed by atoms with van der Waals surface area (Å²) in [6.45, 7) is 14.0. The first-order valence-corrected chi connectivity index (χ1v) is 12.7. The van der Waals surface area contributed by atoms with Crippen molar-refractivity contribution in [2.75, 3.05) is 39.4 Å². The van der Waals surface area contributed by atoms with Crippen LogP contribution in [0.5, 0.6) is 0 Å². The van der Waals surface area contributed by atoms with E-state index in [2.05, 4.69) is 84.8 Å². The lowest BCUT2D eigenvalue weighted by molar-refractivity contribution is 0.0364. The summed E-state index contributed by atoms with van der Waals surface area (Å²) in [6.07, 6.45) is 0.963. The number of rotatable bonds is 12. The van der Waals surface area contributed by atoms with Crippen molar-refractivity contribution < 1.29 is 9.53 Å². The van der Waals surface area contributed by atoms with Crippen LogP contribution >= 0.6 is 24.8 Å². The molecule has 36 heavy (non-hydrogen) atoms. The molecule has 3 rings (SSSR count). The summed E-state index contributed by atoms with van der Waals surface area (Å²) in [5.41, 5.74) is 3.69. The van der Waals surface area contributed by atoms with E-state index in [-0.39, 0.29) is 36.9 Å².